The average Bonchev–Trinajstić information content (AvgIpc) is 2.30. The number of amides is 1. The second-order valence-electron chi connectivity index (χ2n) is 4.54. The van der Waals surface area contributed by atoms with E-state index in [1.54, 1.807) is 0 Å². The van der Waals surface area contributed by atoms with Crippen molar-refractivity contribution in [1.29, 1.82) is 0 Å². The molecule has 0 radical (unpaired) electrons. The molecule has 0 aromatic heterocycles. The van der Waals surface area contributed by atoms with Crippen molar-refractivity contribution in [2.24, 2.45) is 17.6 Å². The van der Waals surface area contributed by atoms with Crippen LogP contribution in [-0.2, 0) is 9.53 Å². The molecular weight excluding hydrogens is 220 g/mol. The Kier molecular flexibility index (Phi) is 10.1. The summed E-state index contributed by atoms with van der Waals surface area (Å²) in [4.78, 5) is 11.7. The van der Waals surface area contributed by atoms with Crippen LogP contribution >= 0.6 is 0 Å². The Labute approximate surface area is 104 Å². The van der Waals surface area contributed by atoms with Gasteiger partial charge in [0.05, 0.1) is 19.1 Å². The predicted octanol–water partition coefficient (Wildman–Crippen LogP) is 0.123. The first kappa shape index (κ1) is 16.4. The fraction of sp³-hybridized carbons (Fsp3) is 0.917. The van der Waals surface area contributed by atoms with E-state index in [-0.39, 0.29) is 18.4 Å². The van der Waals surface area contributed by atoms with Crippen LogP contribution in [0.15, 0.2) is 0 Å². The highest BCUT2D eigenvalue weighted by Gasteiger charge is 2.17. The van der Waals surface area contributed by atoms with Crippen LogP contribution in [-0.4, -0.2) is 43.9 Å². The molecule has 1 amide bonds. The van der Waals surface area contributed by atoms with E-state index in [1.807, 2.05) is 0 Å². The van der Waals surface area contributed by atoms with E-state index in [9.17, 15) is 4.79 Å². The summed E-state index contributed by atoms with van der Waals surface area (Å²) in [6.07, 6.45) is 1.58. The monoisotopic (exact) mass is 246 g/mol. The van der Waals surface area contributed by atoms with Crippen molar-refractivity contribution < 1.29 is 14.6 Å². The Morgan fingerprint density at radius 2 is 2.12 bits per heavy atom. The van der Waals surface area contributed by atoms with Gasteiger partial charge in [0.15, 0.2) is 0 Å². The molecule has 1 unspecified atom stereocenters. The molecule has 0 aromatic rings. The van der Waals surface area contributed by atoms with E-state index >= 15 is 0 Å². The second kappa shape index (κ2) is 10.5. The molecule has 0 aliphatic rings. The lowest BCUT2D eigenvalue weighted by atomic mass is 9.96. The molecule has 17 heavy (non-hydrogen) atoms. The van der Waals surface area contributed by atoms with Crippen LogP contribution in [0.2, 0.25) is 0 Å². The summed E-state index contributed by atoms with van der Waals surface area (Å²) in [7, 11) is 0. The lowest BCUT2D eigenvalue weighted by Gasteiger charge is -2.16. The first-order chi connectivity index (χ1) is 8.11. The summed E-state index contributed by atoms with van der Waals surface area (Å²) in [5.41, 5.74) is 5.58. The Balaban J connectivity index is 3.61. The number of aliphatic hydroxyl groups excluding tert-OH is 1. The Bertz CT molecular complexity index is 198. The fourth-order valence-electron chi connectivity index (χ4n) is 1.58. The Morgan fingerprint density at radius 3 is 2.65 bits per heavy atom. The van der Waals surface area contributed by atoms with E-state index in [0.717, 1.165) is 12.8 Å². The van der Waals surface area contributed by atoms with E-state index in [1.165, 1.54) is 0 Å². The molecule has 0 saturated heterocycles. The van der Waals surface area contributed by atoms with Gasteiger partial charge in [-0.15, -0.1) is 0 Å². The summed E-state index contributed by atoms with van der Waals surface area (Å²) in [5, 5.41) is 11.3. The van der Waals surface area contributed by atoms with E-state index < -0.39 is 0 Å². The number of carbonyl (C=O) groups excluding carboxylic acids is 1. The maximum atomic E-state index is 11.7. The third kappa shape index (κ3) is 9.09. The summed E-state index contributed by atoms with van der Waals surface area (Å²) >= 11 is 0. The minimum atomic E-state index is -0.0895. The standard InChI is InChI=1S/C12H26N2O3/c1-10(2)8-11(9-13)12(16)14-4-3-6-17-7-5-15/h10-11,15H,3-9,13H2,1-2H3,(H,14,16). The van der Waals surface area contributed by atoms with Crippen LogP contribution in [0.3, 0.4) is 0 Å². The van der Waals surface area contributed by atoms with Gasteiger partial charge in [-0.2, -0.15) is 0 Å². The van der Waals surface area contributed by atoms with Gasteiger partial charge in [-0.25, -0.2) is 0 Å². The molecule has 4 N–H and O–H groups in total. The topological polar surface area (TPSA) is 84.6 Å². The number of hydrogen-bond donors (Lipinski definition) is 3. The predicted molar refractivity (Wildman–Crippen MR) is 67.5 cm³/mol. The van der Waals surface area contributed by atoms with E-state index in [2.05, 4.69) is 19.2 Å². The summed E-state index contributed by atoms with van der Waals surface area (Å²) in [6.45, 7) is 6.10. The molecule has 0 heterocycles. The number of carbonyl (C=O) groups is 1. The van der Waals surface area contributed by atoms with Gasteiger partial charge in [-0.1, -0.05) is 13.8 Å². The molecule has 0 fully saturated rings. The van der Waals surface area contributed by atoms with Gasteiger partial charge in [-0.3, -0.25) is 4.79 Å². The highest BCUT2D eigenvalue weighted by molar-refractivity contribution is 5.78. The second-order valence-corrected chi connectivity index (χ2v) is 4.54. The number of nitrogens with one attached hydrogen (secondary N) is 1. The summed E-state index contributed by atoms with van der Waals surface area (Å²) < 4.78 is 5.09. The van der Waals surface area contributed by atoms with Crippen LogP contribution in [0, 0.1) is 11.8 Å². The summed E-state index contributed by atoms with van der Waals surface area (Å²) in [6, 6.07) is 0. The minimum Gasteiger partial charge on any atom is -0.394 e. The average molecular weight is 246 g/mol. The zero-order valence-electron chi connectivity index (χ0n) is 10.9. The highest BCUT2D eigenvalue weighted by Crippen LogP contribution is 2.10. The third-order valence-corrected chi connectivity index (χ3v) is 2.41. The maximum Gasteiger partial charge on any atom is 0.224 e. The van der Waals surface area contributed by atoms with E-state index in [0.29, 0.717) is 32.2 Å². The van der Waals surface area contributed by atoms with Gasteiger partial charge in [-0.05, 0) is 18.8 Å². The molecule has 0 bridgehead atoms. The molecule has 0 aliphatic carbocycles. The molecule has 0 aromatic carbocycles. The van der Waals surface area contributed by atoms with Crippen molar-refractivity contribution in [3.8, 4) is 0 Å². The van der Waals surface area contributed by atoms with Crippen molar-refractivity contribution in [1.82, 2.24) is 5.32 Å². The maximum absolute atomic E-state index is 11.7. The Morgan fingerprint density at radius 1 is 1.41 bits per heavy atom. The van der Waals surface area contributed by atoms with Gasteiger partial charge in [0.25, 0.3) is 0 Å². The Hall–Kier alpha value is -0.650. The van der Waals surface area contributed by atoms with Crippen molar-refractivity contribution in [2.45, 2.75) is 26.7 Å². The van der Waals surface area contributed by atoms with Crippen LogP contribution in [0.1, 0.15) is 26.7 Å². The van der Waals surface area contributed by atoms with E-state index in [4.69, 9.17) is 15.6 Å². The lowest BCUT2D eigenvalue weighted by molar-refractivity contribution is -0.125. The molecule has 0 rings (SSSR count). The van der Waals surface area contributed by atoms with Gasteiger partial charge in [0, 0.05) is 19.7 Å². The molecule has 5 heteroatoms. The SMILES string of the molecule is CC(C)CC(CN)C(=O)NCCCOCCO. The molecule has 102 valence electrons. The van der Waals surface area contributed by atoms with Crippen LogP contribution in [0.25, 0.3) is 0 Å². The molecule has 5 nitrogen and oxygen atoms in total. The van der Waals surface area contributed by atoms with Gasteiger partial charge in [0.1, 0.15) is 0 Å². The fourth-order valence-corrected chi connectivity index (χ4v) is 1.58. The van der Waals surface area contributed by atoms with Gasteiger partial charge < -0.3 is 20.9 Å². The molecule has 0 aliphatic heterocycles. The van der Waals surface area contributed by atoms with Crippen molar-refractivity contribution in [2.75, 3.05) is 32.9 Å². The van der Waals surface area contributed by atoms with Gasteiger partial charge in [0.2, 0.25) is 5.91 Å². The van der Waals surface area contributed by atoms with Crippen LogP contribution in [0.4, 0.5) is 0 Å². The lowest BCUT2D eigenvalue weighted by Crippen LogP contribution is -2.36. The van der Waals surface area contributed by atoms with Crippen molar-refractivity contribution >= 4 is 5.91 Å². The molecular formula is C12H26N2O3. The van der Waals surface area contributed by atoms with Crippen molar-refractivity contribution in [3.05, 3.63) is 0 Å². The number of rotatable bonds is 10. The first-order valence-electron chi connectivity index (χ1n) is 6.28. The number of hydrogen-bond acceptors (Lipinski definition) is 4. The molecule has 0 spiro atoms. The van der Waals surface area contributed by atoms with Gasteiger partial charge >= 0.3 is 0 Å². The molecule has 1 atom stereocenters. The number of ether oxygens (including phenoxy) is 1. The zero-order valence-corrected chi connectivity index (χ0v) is 10.9. The van der Waals surface area contributed by atoms with Crippen LogP contribution in [0.5, 0.6) is 0 Å². The number of aliphatic hydroxyl groups is 1. The van der Waals surface area contributed by atoms with Crippen LogP contribution < -0.4 is 11.1 Å². The van der Waals surface area contributed by atoms with Crippen molar-refractivity contribution in [3.63, 3.8) is 0 Å². The molecule has 0 saturated carbocycles. The first-order valence-corrected chi connectivity index (χ1v) is 6.28. The minimum absolute atomic E-state index is 0.0309. The smallest absolute Gasteiger partial charge is 0.224 e. The normalized spacial score (nSPS) is 12.8. The zero-order chi connectivity index (χ0) is 13.1. The number of nitrogens with two attached hydrogens (primary N) is 1. The third-order valence-electron chi connectivity index (χ3n) is 2.41. The quantitative estimate of drug-likeness (QED) is 0.478. The summed E-state index contributed by atoms with van der Waals surface area (Å²) in [5.74, 6) is 0.416. The highest BCUT2D eigenvalue weighted by atomic mass is 16.5. The largest absolute Gasteiger partial charge is 0.394 e.